The Balaban J connectivity index is 0.00000243. The van der Waals surface area contributed by atoms with E-state index < -0.39 is 0 Å². The number of hydrogen-bond acceptors (Lipinski definition) is 5. The van der Waals surface area contributed by atoms with Gasteiger partial charge in [0.25, 0.3) is 0 Å². The predicted molar refractivity (Wildman–Crippen MR) is 104 cm³/mol. The largest absolute Gasteiger partial charge is 0.489 e. The standard InChI is InChI=1S/C19H20ClN3O2.ClH/c1-13(2)24-17-7-6-15(12-16(17)20)19-22-18(25-23-19)5-3-4-14-8-10-21-11-9-14;/h6-13H,3-5H2,1-2H3;1H. The highest BCUT2D eigenvalue weighted by Crippen LogP contribution is 2.30. The smallest absolute Gasteiger partial charge is 0.226 e. The first-order valence-electron chi connectivity index (χ1n) is 8.30. The second kappa shape index (κ2) is 9.55. The highest BCUT2D eigenvalue weighted by atomic mass is 35.5. The van der Waals surface area contributed by atoms with E-state index in [-0.39, 0.29) is 18.5 Å². The molecule has 0 aliphatic carbocycles. The first kappa shape index (κ1) is 20.2. The number of aryl methyl sites for hydroxylation is 2. The molecule has 0 unspecified atom stereocenters. The predicted octanol–water partition coefficient (Wildman–Crippen LogP) is 5.17. The lowest BCUT2D eigenvalue weighted by Gasteiger charge is -2.11. The van der Waals surface area contributed by atoms with Crippen molar-refractivity contribution in [3.8, 4) is 17.1 Å². The quantitative estimate of drug-likeness (QED) is 0.553. The third-order valence-electron chi connectivity index (χ3n) is 3.63. The molecular weight excluding hydrogens is 373 g/mol. The second-order valence-corrected chi connectivity index (χ2v) is 6.44. The Morgan fingerprint density at radius 3 is 2.58 bits per heavy atom. The molecule has 0 amide bonds. The lowest BCUT2D eigenvalue weighted by atomic mass is 10.1. The van der Waals surface area contributed by atoms with E-state index in [9.17, 15) is 0 Å². The number of aromatic nitrogens is 3. The number of benzene rings is 1. The Kier molecular flexibility index (Phi) is 7.42. The van der Waals surface area contributed by atoms with Crippen molar-refractivity contribution in [1.82, 2.24) is 15.1 Å². The number of ether oxygens (including phenoxy) is 1. The van der Waals surface area contributed by atoms with Crippen LogP contribution in [0.1, 0.15) is 31.7 Å². The second-order valence-electron chi connectivity index (χ2n) is 6.03. The number of pyridine rings is 1. The number of nitrogens with zero attached hydrogens (tertiary/aromatic N) is 3. The van der Waals surface area contributed by atoms with Gasteiger partial charge >= 0.3 is 0 Å². The van der Waals surface area contributed by atoms with Gasteiger partial charge in [0.1, 0.15) is 5.75 Å². The Labute approximate surface area is 164 Å². The van der Waals surface area contributed by atoms with Gasteiger partial charge < -0.3 is 9.26 Å². The molecule has 0 N–H and O–H groups in total. The lowest BCUT2D eigenvalue weighted by molar-refractivity contribution is 0.242. The maximum absolute atomic E-state index is 6.27. The molecular formula is C19H21Cl2N3O2. The molecule has 3 aromatic rings. The summed E-state index contributed by atoms with van der Waals surface area (Å²) in [4.78, 5) is 8.47. The highest BCUT2D eigenvalue weighted by molar-refractivity contribution is 6.32. The molecule has 0 aliphatic rings. The van der Waals surface area contributed by atoms with E-state index in [2.05, 4.69) is 15.1 Å². The third kappa shape index (κ3) is 5.44. The fourth-order valence-electron chi connectivity index (χ4n) is 2.46. The van der Waals surface area contributed by atoms with Crippen LogP contribution in [-0.2, 0) is 12.8 Å². The van der Waals surface area contributed by atoms with Gasteiger partial charge in [0, 0.05) is 24.4 Å². The molecule has 1 aromatic carbocycles. The molecule has 0 saturated heterocycles. The minimum atomic E-state index is 0. The molecule has 0 atom stereocenters. The third-order valence-corrected chi connectivity index (χ3v) is 3.92. The maximum Gasteiger partial charge on any atom is 0.226 e. The fourth-order valence-corrected chi connectivity index (χ4v) is 2.68. The molecule has 7 heteroatoms. The summed E-state index contributed by atoms with van der Waals surface area (Å²) >= 11 is 6.27. The van der Waals surface area contributed by atoms with Crippen LogP contribution in [0.15, 0.2) is 47.2 Å². The Morgan fingerprint density at radius 1 is 1.12 bits per heavy atom. The fraction of sp³-hybridized carbons (Fsp3) is 0.316. The van der Waals surface area contributed by atoms with Gasteiger partial charge in [-0.3, -0.25) is 4.98 Å². The molecule has 2 heterocycles. The van der Waals surface area contributed by atoms with Crippen molar-refractivity contribution in [2.24, 2.45) is 0 Å². The van der Waals surface area contributed by atoms with Gasteiger partial charge in [-0.25, -0.2) is 0 Å². The van der Waals surface area contributed by atoms with Crippen LogP contribution in [0.25, 0.3) is 11.4 Å². The number of halogens is 2. The van der Waals surface area contributed by atoms with Crippen molar-refractivity contribution in [3.05, 3.63) is 59.2 Å². The summed E-state index contributed by atoms with van der Waals surface area (Å²) < 4.78 is 11.0. The molecule has 0 bridgehead atoms. The molecule has 26 heavy (non-hydrogen) atoms. The van der Waals surface area contributed by atoms with Crippen molar-refractivity contribution in [3.63, 3.8) is 0 Å². The van der Waals surface area contributed by atoms with Crippen LogP contribution < -0.4 is 4.74 Å². The van der Waals surface area contributed by atoms with Crippen LogP contribution in [0.3, 0.4) is 0 Å². The van der Waals surface area contributed by atoms with Crippen molar-refractivity contribution in [2.45, 2.75) is 39.2 Å². The summed E-state index contributed by atoms with van der Waals surface area (Å²) in [7, 11) is 0. The highest BCUT2D eigenvalue weighted by Gasteiger charge is 2.12. The molecule has 3 rings (SSSR count). The Bertz CT molecular complexity index is 823. The van der Waals surface area contributed by atoms with Crippen LogP contribution in [0.5, 0.6) is 5.75 Å². The molecule has 0 radical (unpaired) electrons. The van der Waals surface area contributed by atoms with Crippen LogP contribution in [-0.4, -0.2) is 21.2 Å². The topological polar surface area (TPSA) is 61.0 Å². The van der Waals surface area contributed by atoms with Gasteiger partial charge in [0.05, 0.1) is 11.1 Å². The molecule has 0 saturated carbocycles. The van der Waals surface area contributed by atoms with Crippen molar-refractivity contribution >= 4 is 24.0 Å². The van der Waals surface area contributed by atoms with Crippen molar-refractivity contribution in [1.29, 1.82) is 0 Å². The SMILES string of the molecule is CC(C)Oc1ccc(-c2noc(CCCc3ccncc3)n2)cc1Cl.Cl. The van der Waals surface area contributed by atoms with Gasteiger partial charge in [-0.15, -0.1) is 12.4 Å². The van der Waals surface area contributed by atoms with Gasteiger partial charge in [0.2, 0.25) is 11.7 Å². The summed E-state index contributed by atoms with van der Waals surface area (Å²) in [6.45, 7) is 3.92. The van der Waals surface area contributed by atoms with Crippen molar-refractivity contribution in [2.75, 3.05) is 0 Å². The minimum absolute atomic E-state index is 0. The molecule has 0 spiro atoms. The summed E-state index contributed by atoms with van der Waals surface area (Å²) in [5, 5.41) is 4.59. The van der Waals surface area contributed by atoms with E-state index in [1.165, 1.54) is 5.56 Å². The average molecular weight is 394 g/mol. The van der Waals surface area contributed by atoms with Crippen LogP contribution >= 0.6 is 24.0 Å². The first-order chi connectivity index (χ1) is 12.1. The normalized spacial score (nSPS) is 10.6. The zero-order chi connectivity index (χ0) is 17.6. The molecule has 5 nitrogen and oxygen atoms in total. The minimum Gasteiger partial charge on any atom is -0.489 e. The summed E-state index contributed by atoms with van der Waals surface area (Å²) in [6, 6.07) is 9.54. The molecule has 2 aromatic heterocycles. The van der Waals surface area contributed by atoms with Crippen molar-refractivity contribution < 1.29 is 9.26 Å². The zero-order valence-corrected chi connectivity index (χ0v) is 16.3. The maximum atomic E-state index is 6.27. The van der Waals surface area contributed by atoms with E-state index in [0.29, 0.717) is 22.5 Å². The summed E-state index contributed by atoms with van der Waals surface area (Å²) in [5.41, 5.74) is 2.06. The summed E-state index contributed by atoms with van der Waals surface area (Å²) in [6.07, 6.45) is 6.30. The molecule has 138 valence electrons. The van der Waals surface area contributed by atoms with E-state index in [0.717, 1.165) is 24.8 Å². The Morgan fingerprint density at radius 2 is 1.88 bits per heavy atom. The van der Waals surface area contributed by atoms with Gasteiger partial charge in [-0.1, -0.05) is 16.8 Å². The number of hydrogen-bond donors (Lipinski definition) is 0. The van der Waals surface area contributed by atoms with E-state index in [1.807, 2.05) is 38.1 Å². The zero-order valence-electron chi connectivity index (χ0n) is 14.7. The van der Waals surface area contributed by atoms with E-state index in [4.69, 9.17) is 20.9 Å². The van der Waals surface area contributed by atoms with Crippen LogP contribution in [0.2, 0.25) is 5.02 Å². The molecule has 0 aliphatic heterocycles. The average Bonchev–Trinajstić information content (AvgIpc) is 3.06. The van der Waals surface area contributed by atoms with Crippen LogP contribution in [0.4, 0.5) is 0 Å². The molecule has 0 fully saturated rings. The van der Waals surface area contributed by atoms with Gasteiger partial charge in [-0.2, -0.15) is 4.98 Å². The van der Waals surface area contributed by atoms with Crippen LogP contribution in [0, 0.1) is 0 Å². The Hall–Kier alpha value is -2.11. The monoisotopic (exact) mass is 393 g/mol. The van der Waals surface area contributed by atoms with E-state index in [1.54, 1.807) is 18.5 Å². The first-order valence-corrected chi connectivity index (χ1v) is 8.67. The lowest BCUT2D eigenvalue weighted by Crippen LogP contribution is -2.05. The van der Waals surface area contributed by atoms with E-state index >= 15 is 0 Å². The van der Waals surface area contributed by atoms with Gasteiger partial charge in [-0.05, 0) is 62.6 Å². The van der Waals surface area contributed by atoms with Gasteiger partial charge in [0.15, 0.2) is 0 Å². The summed E-state index contributed by atoms with van der Waals surface area (Å²) in [5.74, 6) is 1.82. The number of rotatable bonds is 7.